The van der Waals surface area contributed by atoms with Gasteiger partial charge in [0.25, 0.3) is 5.91 Å². The summed E-state index contributed by atoms with van der Waals surface area (Å²) >= 11 is 0. The van der Waals surface area contributed by atoms with Crippen LogP contribution >= 0.6 is 0 Å². The zero-order valence-electron chi connectivity index (χ0n) is 14.2. The number of benzene rings is 1. The van der Waals surface area contributed by atoms with E-state index in [-0.39, 0.29) is 4.90 Å². The first kappa shape index (κ1) is 20.6. The highest BCUT2D eigenvalue weighted by molar-refractivity contribution is 7.89. The minimum Gasteiger partial charge on any atom is -0.455 e. The minimum absolute atomic E-state index is 0.000561. The Bertz CT molecular complexity index is 725. The van der Waals surface area contributed by atoms with E-state index >= 15 is 0 Å². The van der Waals surface area contributed by atoms with Gasteiger partial charge in [0.15, 0.2) is 6.61 Å². The van der Waals surface area contributed by atoms with Crippen LogP contribution in [0.1, 0.15) is 20.8 Å². The molecule has 1 rings (SSSR count). The van der Waals surface area contributed by atoms with Crippen molar-refractivity contribution in [3.63, 3.8) is 0 Å². The lowest BCUT2D eigenvalue weighted by Gasteiger charge is -2.20. The molecule has 0 unspecified atom stereocenters. The molecule has 9 nitrogen and oxygen atoms in total. The van der Waals surface area contributed by atoms with Gasteiger partial charge in [-0.2, -0.15) is 4.72 Å². The van der Waals surface area contributed by atoms with Gasteiger partial charge in [0, 0.05) is 5.54 Å². The molecule has 3 amide bonds. The van der Waals surface area contributed by atoms with E-state index in [0.717, 1.165) is 0 Å². The summed E-state index contributed by atoms with van der Waals surface area (Å²) in [6, 6.07) is 6.75. The Morgan fingerprint density at radius 3 is 2.24 bits per heavy atom. The van der Waals surface area contributed by atoms with Crippen LogP contribution in [0.5, 0.6) is 0 Å². The molecule has 138 valence electrons. The Balaban J connectivity index is 2.38. The molecule has 25 heavy (non-hydrogen) atoms. The van der Waals surface area contributed by atoms with Crippen LogP contribution in [0.15, 0.2) is 35.2 Å². The third kappa shape index (κ3) is 8.27. The average molecular weight is 371 g/mol. The van der Waals surface area contributed by atoms with E-state index in [2.05, 4.69) is 14.8 Å². The Kier molecular flexibility index (Phi) is 7.07. The number of carbonyl (C=O) groups is 3. The first-order chi connectivity index (χ1) is 11.5. The molecule has 0 aliphatic heterocycles. The maximum Gasteiger partial charge on any atom is 0.321 e. The number of imide groups is 1. The number of rotatable bonds is 6. The SMILES string of the molecule is CC(C)(C)NC(=O)NC(=O)COC(=O)CNS(=O)(=O)c1ccccc1. The van der Waals surface area contributed by atoms with E-state index in [1.54, 1.807) is 39.0 Å². The summed E-state index contributed by atoms with van der Waals surface area (Å²) in [4.78, 5) is 34.4. The Hall–Kier alpha value is -2.46. The number of sulfonamides is 1. The topological polar surface area (TPSA) is 131 Å². The molecule has 0 radical (unpaired) electrons. The van der Waals surface area contributed by atoms with Crippen LogP contribution in [0.4, 0.5) is 4.79 Å². The van der Waals surface area contributed by atoms with E-state index in [4.69, 9.17) is 0 Å². The van der Waals surface area contributed by atoms with Gasteiger partial charge in [-0.1, -0.05) is 18.2 Å². The molecular formula is C15H21N3O6S. The van der Waals surface area contributed by atoms with E-state index in [1.807, 2.05) is 5.32 Å². The highest BCUT2D eigenvalue weighted by Crippen LogP contribution is 2.06. The second-order valence-corrected chi connectivity index (χ2v) is 7.82. The summed E-state index contributed by atoms with van der Waals surface area (Å²) in [5.41, 5.74) is -0.531. The minimum atomic E-state index is -3.85. The lowest BCUT2D eigenvalue weighted by Crippen LogP contribution is -2.49. The summed E-state index contributed by atoms with van der Waals surface area (Å²) in [7, 11) is -3.85. The summed E-state index contributed by atoms with van der Waals surface area (Å²) < 4.78 is 30.5. The van der Waals surface area contributed by atoms with Gasteiger partial charge in [0.2, 0.25) is 10.0 Å². The number of carbonyl (C=O) groups excluding carboxylic acids is 3. The quantitative estimate of drug-likeness (QED) is 0.609. The number of nitrogens with one attached hydrogen (secondary N) is 3. The summed E-state index contributed by atoms with van der Waals surface area (Å²) in [5, 5.41) is 4.48. The molecule has 1 aromatic carbocycles. The number of hydrogen-bond acceptors (Lipinski definition) is 6. The molecule has 0 fully saturated rings. The normalized spacial score (nSPS) is 11.5. The van der Waals surface area contributed by atoms with Crippen molar-refractivity contribution in [1.29, 1.82) is 0 Å². The van der Waals surface area contributed by atoms with Crippen molar-refractivity contribution < 1.29 is 27.5 Å². The maximum absolute atomic E-state index is 11.9. The van der Waals surface area contributed by atoms with Crippen molar-refractivity contribution in [2.45, 2.75) is 31.2 Å². The number of ether oxygens (including phenoxy) is 1. The molecule has 0 saturated heterocycles. The van der Waals surface area contributed by atoms with E-state index in [0.29, 0.717) is 0 Å². The molecule has 0 spiro atoms. The van der Waals surface area contributed by atoms with Crippen LogP contribution in [-0.4, -0.2) is 45.0 Å². The van der Waals surface area contributed by atoms with E-state index < -0.39 is 46.6 Å². The fourth-order valence-corrected chi connectivity index (χ4v) is 2.56. The average Bonchev–Trinajstić information content (AvgIpc) is 2.50. The van der Waals surface area contributed by atoms with Crippen LogP contribution < -0.4 is 15.4 Å². The van der Waals surface area contributed by atoms with Gasteiger partial charge < -0.3 is 10.1 Å². The van der Waals surface area contributed by atoms with Crippen molar-refractivity contribution in [1.82, 2.24) is 15.4 Å². The van der Waals surface area contributed by atoms with E-state index in [1.165, 1.54) is 12.1 Å². The van der Waals surface area contributed by atoms with Crippen molar-refractivity contribution in [3.05, 3.63) is 30.3 Å². The molecule has 1 aromatic rings. The van der Waals surface area contributed by atoms with Gasteiger partial charge in [0.1, 0.15) is 6.54 Å². The van der Waals surface area contributed by atoms with Crippen molar-refractivity contribution in [3.8, 4) is 0 Å². The zero-order valence-corrected chi connectivity index (χ0v) is 15.0. The third-order valence-corrected chi connectivity index (χ3v) is 3.98. The van der Waals surface area contributed by atoms with Crippen LogP contribution in [0.2, 0.25) is 0 Å². The molecule has 0 aromatic heterocycles. The fourth-order valence-electron chi connectivity index (χ4n) is 1.57. The van der Waals surface area contributed by atoms with Crippen molar-refractivity contribution in [2.24, 2.45) is 0 Å². The maximum atomic E-state index is 11.9. The molecule has 0 aliphatic rings. The molecule has 3 N–H and O–H groups in total. The van der Waals surface area contributed by atoms with Crippen LogP contribution in [0, 0.1) is 0 Å². The monoisotopic (exact) mass is 371 g/mol. The summed E-state index contributed by atoms with van der Waals surface area (Å²) in [6.07, 6.45) is 0. The number of amides is 3. The molecule has 0 bridgehead atoms. The Labute approximate surface area is 146 Å². The van der Waals surface area contributed by atoms with Crippen LogP contribution in [0.25, 0.3) is 0 Å². The number of hydrogen-bond donors (Lipinski definition) is 3. The highest BCUT2D eigenvalue weighted by Gasteiger charge is 2.18. The predicted octanol–water partition coefficient (Wildman–Crippen LogP) is 0.132. The van der Waals surface area contributed by atoms with E-state index in [9.17, 15) is 22.8 Å². The second-order valence-electron chi connectivity index (χ2n) is 6.05. The lowest BCUT2D eigenvalue weighted by molar-refractivity contribution is -0.147. The summed E-state index contributed by atoms with van der Waals surface area (Å²) in [6.45, 7) is 3.85. The molecular weight excluding hydrogens is 350 g/mol. The fraction of sp³-hybridized carbons (Fsp3) is 0.400. The molecule has 0 heterocycles. The summed E-state index contributed by atoms with van der Waals surface area (Å²) in [5.74, 6) is -1.79. The van der Waals surface area contributed by atoms with Gasteiger partial charge in [0.05, 0.1) is 4.90 Å². The van der Waals surface area contributed by atoms with Gasteiger partial charge in [-0.15, -0.1) is 0 Å². The largest absolute Gasteiger partial charge is 0.455 e. The number of esters is 1. The Morgan fingerprint density at radius 2 is 1.68 bits per heavy atom. The molecule has 0 aliphatic carbocycles. The molecule has 0 saturated carbocycles. The first-order valence-electron chi connectivity index (χ1n) is 7.32. The molecule has 0 atom stereocenters. The van der Waals surface area contributed by atoms with Gasteiger partial charge >= 0.3 is 12.0 Å². The van der Waals surface area contributed by atoms with Crippen LogP contribution in [0.3, 0.4) is 0 Å². The lowest BCUT2D eigenvalue weighted by atomic mass is 10.1. The molecule has 10 heteroatoms. The second kappa shape index (κ2) is 8.58. The smallest absolute Gasteiger partial charge is 0.321 e. The first-order valence-corrected chi connectivity index (χ1v) is 8.80. The highest BCUT2D eigenvalue weighted by atomic mass is 32.2. The van der Waals surface area contributed by atoms with Crippen molar-refractivity contribution >= 4 is 27.9 Å². The number of urea groups is 1. The third-order valence-electron chi connectivity index (χ3n) is 2.57. The van der Waals surface area contributed by atoms with Crippen molar-refractivity contribution in [2.75, 3.05) is 13.2 Å². The zero-order chi connectivity index (χ0) is 19.1. The predicted molar refractivity (Wildman–Crippen MR) is 89.0 cm³/mol. The van der Waals surface area contributed by atoms with Gasteiger partial charge in [-0.25, -0.2) is 13.2 Å². The van der Waals surface area contributed by atoms with Gasteiger partial charge in [-0.3, -0.25) is 14.9 Å². The standard InChI is InChI=1S/C15H21N3O6S/c1-15(2,3)18-14(21)17-12(19)10-24-13(20)9-16-25(22,23)11-7-5-4-6-8-11/h4-8,16H,9-10H2,1-3H3,(H2,17,18,19,21). The van der Waals surface area contributed by atoms with Gasteiger partial charge in [-0.05, 0) is 32.9 Å². The Morgan fingerprint density at radius 1 is 1.08 bits per heavy atom. The van der Waals surface area contributed by atoms with Crippen LogP contribution in [-0.2, 0) is 24.3 Å².